The second kappa shape index (κ2) is 5.58. The molecule has 0 spiro atoms. The van der Waals surface area contributed by atoms with E-state index < -0.39 is 0 Å². The van der Waals surface area contributed by atoms with Crippen molar-refractivity contribution in [2.75, 3.05) is 4.90 Å². The third-order valence-corrected chi connectivity index (χ3v) is 4.76. The van der Waals surface area contributed by atoms with Gasteiger partial charge < -0.3 is 9.88 Å². The van der Waals surface area contributed by atoms with Crippen LogP contribution in [0.25, 0.3) is 10.9 Å². The van der Waals surface area contributed by atoms with Gasteiger partial charge in [-0.1, -0.05) is 36.4 Å². The number of hydrogen-bond acceptors (Lipinski definition) is 1. The molecule has 1 aliphatic rings. The summed E-state index contributed by atoms with van der Waals surface area (Å²) in [5.74, 6) is 0.215. The molecule has 3 aromatic rings. The fraction of sp³-hybridized carbons (Fsp3) is 0.250. The van der Waals surface area contributed by atoms with Gasteiger partial charge in [-0.15, -0.1) is 0 Å². The van der Waals surface area contributed by atoms with E-state index in [0.717, 1.165) is 24.0 Å². The SMILES string of the molecule is CC1Cc2ccccc2N1C(=O)CCc1c[nH]c2ccccc12. The number of rotatable bonds is 3. The molecule has 0 aliphatic carbocycles. The molecule has 1 aromatic heterocycles. The van der Waals surface area contributed by atoms with Crippen molar-refractivity contribution < 1.29 is 4.79 Å². The van der Waals surface area contributed by atoms with Crippen LogP contribution in [-0.2, 0) is 17.6 Å². The normalized spacial score (nSPS) is 16.7. The Morgan fingerprint density at radius 1 is 1.17 bits per heavy atom. The molecule has 116 valence electrons. The van der Waals surface area contributed by atoms with Gasteiger partial charge in [0.25, 0.3) is 0 Å². The Hall–Kier alpha value is -2.55. The van der Waals surface area contributed by atoms with Gasteiger partial charge in [0.05, 0.1) is 0 Å². The maximum absolute atomic E-state index is 12.8. The molecule has 1 unspecified atom stereocenters. The van der Waals surface area contributed by atoms with Gasteiger partial charge in [-0.05, 0) is 43.0 Å². The minimum atomic E-state index is 0.215. The lowest BCUT2D eigenvalue weighted by Gasteiger charge is -2.22. The summed E-state index contributed by atoms with van der Waals surface area (Å²) in [6, 6.07) is 16.7. The molecular formula is C20H20N2O. The number of H-pyrrole nitrogens is 1. The van der Waals surface area contributed by atoms with E-state index in [-0.39, 0.29) is 11.9 Å². The number of carbonyl (C=O) groups is 1. The zero-order chi connectivity index (χ0) is 15.8. The number of benzene rings is 2. The van der Waals surface area contributed by atoms with Gasteiger partial charge in [0.1, 0.15) is 0 Å². The maximum Gasteiger partial charge on any atom is 0.227 e. The van der Waals surface area contributed by atoms with Crippen LogP contribution in [0.2, 0.25) is 0 Å². The zero-order valence-corrected chi connectivity index (χ0v) is 13.3. The fourth-order valence-corrected chi connectivity index (χ4v) is 3.65. The number of anilines is 1. The van der Waals surface area contributed by atoms with Crippen molar-refractivity contribution in [2.45, 2.75) is 32.2 Å². The van der Waals surface area contributed by atoms with Crippen molar-refractivity contribution in [3.63, 3.8) is 0 Å². The largest absolute Gasteiger partial charge is 0.361 e. The average molecular weight is 304 g/mol. The minimum Gasteiger partial charge on any atom is -0.361 e. The van der Waals surface area contributed by atoms with Crippen molar-refractivity contribution in [2.24, 2.45) is 0 Å². The van der Waals surface area contributed by atoms with Crippen LogP contribution in [0, 0.1) is 0 Å². The predicted molar refractivity (Wildman–Crippen MR) is 93.7 cm³/mol. The van der Waals surface area contributed by atoms with Gasteiger partial charge >= 0.3 is 0 Å². The first-order chi connectivity index (χ1) is 11.2. The first kappa shape index (κ1) is 14.1. The summed E-state index contributed by atoms with van der Waals surface area (Å²) in [4.78, 5) is 18.0. The first-order valence-corrected chi connectivity index (χ1v) is 8.19. The van der Waals surface area contributed by atoms with Crippen molar-refractivity contribution in [3.8, 4) is 0 Å². The van der Waals surface area contributed by atoms with E-state index in [1.807, 2.05) is 35.4 Å². The number of para-hydroxylation sites is 2. The van der Waals surface area contributed by atoms with Crippen molar-refractivity contribution in [1.82, 2.24) is 4.98 Å². The summed E-state index contributed by atoms with van der Waals surface area (Å²) in [6.07, 6.45) is 4.29. The smallest absolute Gasteiger partial charge is 0.227 e. The lowest BCUT2D eigenvalue weighted by atomic mass is 10.1. The Balaban J connectivity index is 1.52. The lowest BCUT2D eigenvalue weighted by molar-refractivity contribution is -0.118. The number of nitrogens with zero attached hydrogens (tertiary/aromatic N) is 1. The van der Waals surface area contributed by atoms with Crippen LogP contribution in [0.1, 0.15) is 24.5 Å². The van der Waals surface area contributed by atoms with Gasteiger partial charge in [-0.25, -0.2) is 0 Å². The molecule has 1 aliphatic heterocycles. The molecule has 2 aromatic carbocycles. The van der Waals surface area contributed by atoms with Crippen LogP contribution >= 0.6 is 0 Å². The number of aryl methyl sites for hydroxylation is 1. The molecule has 2 heterocycles. The Morgan fingerprint density at radius 3 is 2.87 bits per heavy atom. The number of aromatic nitrogens is 1. The molecule has 3 heteroatoms. The number of amides is 1. The molecule has 0 saturated heterocycles. The Morgan fingerprint density at radius 2 is 1.96 bits per heavy atom. The van der Waals surface area contributed by atoms with Crippen molar-refractivity contribution >= 4 is 22.5 Å². The van der Waals surface area contributed by atoms with Crippen LogP contribution in [0.4, 0.5) is 5.69 Å². The standard InChI is InChI=1S/C20H20N2O/c1-14-12-15-6-2-5-9-19(15)22(14)20(23)11-10-16-13-21-18-8-4-3-7-17(16)18/h2-9,13-14,21H,10-12H2,1H3. The number of nitrogens with one attached hydrogen (secondary N) is 1. The highest BCUT2D eigenvalue weighted by Crippen LogP contribution is 2.32. The monoisotopic (exact) mass is 304 g/mol. The van der Waals surface area contributed by atoms with Crippen LogP contribution < -0.4 is 4.90 Å². The summed E-state index contributed by atoms with van der Waals surface area (Å²) in [5, 5.41) is 1.22. The number of hydrogen-bond donors (Lipinski definition) is 1. The highest BCUT2D eigenvalue weighted by Gasteiger charge is 2.30. The second-order valence-corrected chi connectivity index (χ2v) is 6.31. The van der Waals surface area contributed by atoms with E-state index >= 15 is 0 Å². The summed E-state index contributed by atoms with van der Waals surface area (Å²) >= 11 is 0. The van der Waals surface area contributed by atoms with Gasteiger partial charge in [-0.2, -0.15) is 0 Å². The van der Waals surface area contributed by atoms with Crippen molar-refractivity contribution in [1.29, 1.82) is 0 Å². The molecule has 1 atom stereocenters. The molecular weight excluding hydrogens is 284 g/mol. The topological polar surface area (TPSA) is 36.1 Å². The average Bonchev–Trinajstić information content (AvgIpc) is 3.12. The molecule has 0 fully saturated rings. The molecule has 3 nitrogen and oxygen atoms in total. The lowest BCUT2D eigenvalue weighted by Crippen LogP contribution is -2.35. The fourth-order valence-electron chi connectivity index (χ4n) is 3.65. The van der Waals surface area contributed by atoms with Crippen LogP contribution in [-0.4, -0.2) is 16.9 Å². The first-order valence-electron chi connectivity index (χ1n) is 8.19. The minimum absolute atomic E-state index is 0.215. The molecule has 0 bridgehead atoms. The predicted octanol–water partition coefficient (Wildman–Crippen LogP) is 4.08. The van der Waals surface area contributed by atoms with E-state index in [2.05, 4.69) is 36.2 Å². The number of fused-ring (bicyclic) bond motifs is 2. The van der Waals surface area contributed by atoms with E-state index in [1.165, 1.54) is 16.5 Å². The van der Waals surface area contributed by atoms with Crippen molar-refractivity contribution in [3.05, 3.63) is 65.9 Å². The van der Waals surface area contributed by atoms with Gasteiger partial charge in [0, 0.05) is 35.2 Å². The van der Waals surface area contributed by atoms with Gasteiger partial charge in [0.2, 0.25) is 5.91 Å². The van der Waals surface area contributed by atoms with Gasteiger partial charge in [0.15, 0.2) is 0 Å². The third kappa shape index (κ3) is 2.42. The van der Waals surface area contributed by atoms with Crippen LogP contribution in [0.5, 0.6) is 0 Å². The third-order valence-electron chi connectivity index (χ3n) is 4.76. The van der Waals surface area contributed by atoms with E-state index in [1.54, 1.807) is 0 Å². The summed E-state index contributed by atoms with van der Waals surface area (Å²) < 4.78 is 0. The molecule has 1 amide bonds. The van der Waals surface area contributed by atoms with Crippen LogP contribution in [0.3, 0.4) is 0 Å². The Bertz CT molecular complexity index is 865. The van der Waals surface area contributed by atoms with E-state index in [9.17, 15) is 4.79 Å². The van der Waals surface area contributed by atoms with Crippen LogP contribution in [0.15, 0.2) is 54.7 Å². The maximum atomic E-state index is 12.8. The molecule has 0 radical (unpaired) electrons. The second-order valence-electron chi connectivity index (χ2n) is 6.31. The van der Waals surface area contributed by atoms with E-state index in [4.69, 9.17) is 0 Å². The molecule has 4 rings (SSSR count). The summed E-state index contributed by atoms with van der Waals surface area (Å²) in [6.45, 7) is 2.13. The van der Waals surface area contributed by atoms with E-state index in [0.29, 0.717) is 6.42 Å². The Kier molecular flexibility index (Phi) is 3.41. The Labute approximate surface area is 135 Å². The quantitative estimate of drug-likeness (QED) is 0.777. The summed E-state index contributed by atoms with van der Waals surface area (Å²) in [7, 11) is 0. The highest BCUT2D eigenvalue weighted by molar-refractivity contribution is 5.96. The summed E-state index contributed by atoms with van der Waals surface area (Å²) in [5.41, 5.74) is 4.72. The molecule has 23 heavy (non-hydrogen) atoms. The number of aromatic amines is 1. The van der Waals surface area contributed by atoms with Gasteiger partial charge in [-0.3, -0.25) is 4.79 Å². The molecule has 1 N–H and O–H groups in total. The molecule has 0 saturated carbocycles. The number of carbonyl (C=O) groups excluding carboxylic acids is 1. The highest BCUT2D eigenvalue weighted by atomic mass is 16.2. The zero-order valence-electron chi connectivity index (χ0n) is 13.3.